The van der Waals surface area contributed by atoms with Crippen molar-refractivity contribution in [3.8, 4) is 0 Å². The van der Waals surface area contributed by atoms with Crippen LogP contribution in [0.3, 0.4) is 0 Å². The topological polar surface area (TPSA) is 46.3 Å². The molecule has 90 valence electrons. The Morgan fingerprint density at radius 3 is 2.41 bits per heavy atom. The third-order valence-corrected chi connectivity index (χ3v) is 3.27. The summed E-state index contributed by atoms with van der Waals surface area (Å²) < 4.78 is 5.55. The lowest BCUT2D eigenvalue weighted by Crippen LogP contribution is -2.04. The van der Waals surface area contributed by atoms with Crippen molar-refractivity contribution in [1.82, 2.24) is 4.98 Å². The maximum absolute atomic E-state index is 10.4. The van der Waals surface area contributed by atoms with Crippen LogP contribution in [0.25, 0.3) is 0 Å². The fraction of sp³-hybridized carbons (Fsp3) is 0.357. The summed E-state index contributed by atoms with van der Waals surface area (Å²) in [6.07, 6.45) is 2.77. The van der Waals surface area contributed by atoms with Gasteiger partial charge in [-0.2, -0.15) is 0 Å². The third kappa shape index (κ3) is 1.98. The molecule has 0 aromatic carbocycles. The molecule has 0 radical (unpaired) electrons. The molecular weight excluding hydrogens is 214 g/mol. The van der Waals surface area contributed by atoms with Crippen LogP contribution in [0.4, 0.5) is 0 Å². The highest BCUT2D eigenvalue weighted by molar-refractivity contribution is 5.40. The summed E-state index contributed by atoms with van der Waals surface area (Å²) >= 11 is 0. The Balaban J connectivity index is 2.51. The van der Waals surface area contributed by atoms with Gasteiger partial charge in [-0.15, -0.1) is 0 Å². The van der Waals surface area contributed by atoms with Crippen LogP contribution < -0.4 is 0 Å². The number of aryl methyl sites for hydroxylation is 3. The minimum Gasteiger partial charge on any atom is -0.466 e. The highest BCUT2D eigenvalue weighted by atomic mass is 16.3. The molecule has 2 aromatic rings. The largest absolute Gasteiger partial charge is 0.466 e. The van der Waals surface area contributed by atoms with Crippen LogP contribution >= 0.6 is 0 Å². The first-order chi connectivity index (χ1) is 8.02. The Kier molecular flexibility index (Phi) is 3.03. The van der Waals surface area contributed by atoms with Crippen molar-refractivity contribution in [3.05, 3.63) is 52.2 Å². The van der Waals surface area contributed by atoms with E-state index in [1.807, 2.05) is 33.8 Å². The van der Waals surface area contributed by atoms with Gasteiger partial charge in [0.2, 0.25) is 0 Å². The van der Waals surface area contributed by atoms with E-state index in [4.69, 9.17) is 4.42 Å². The summed E-state index contributed by atoms with van der Waals surface area (Å²) in [5.74, 6) is 1.63. The molecule has 0 amide bonds. The maximum Gasteiger partial charge on any atom is 0.109 e. The van der Waals surface area contributed by atoms with Crippen molar-refractivity contribution in [2.45, 2.75) is 33.8 Å². The van der Waals surface area contributed by atoms with Crippen LogP contribution in [-0.4, -0.2) is 10.1 Å². The zero-order chi connectivity index (χ0) is 12.6. The molecule has 0 saturated heterocycles. The van der Waals surface area contributed by atoms with Gasteiger partial charge in [0.1, 0.15) is 17.6 Å². The lowest BCUT2D eigenvalue weighted by atomic mass is 9.96. The molecule has 3 heteroatoms. The van der Waals surface area contributed by atoms with Crippen molar-refractivity contribution in [3.63, 3.8) is 0 Å². The second-order valence-electron chi connectivity index (χ2n) is 4.39. The standard InChI is InChI=1S/C14H17NO2/c1-8-5-6-15-7-12(8)14(16)13-9(2)10(3)17-11(13)4/h5-7,14,16H,1-4H3. The second kappa shape index (κ2) is 4.34. The van der Waals surface area contributed by atoms with Gasteiger partial charge in [0.15, 0.2) is 0 Å². The van der Waals surface area contributed by atoms with Gasteiger partial charge in [-0.25, -0.2) is 0 Å². The number of pyridine rings is 1. The van der Waals surface area contributed by atoms with Crippen LogP contribution in [0, 0.1) is 27.7 Å². The third-order valence-electron chi connectivity index (χ3n) is 3.27. The number of aliphatic hydroxyl groups is 1. The molecule has 2 rings (SSSR count). The first-order valence-electron chi connectivity index (χ1n) is 5.67. The van der Waals surface area contributed by atoms with E-state index in [0.29, 0.717) is 0 Å². The first kappa shape index (κ1) is 11.9. The minimum atomic E-state index is -0.666. The zero-order valence-electron chi connectivity index (χ0n) is 10.6. The number of rotatable bonds is 2. The van der Waals surface area contributed by atoms with Gasteiger partial charge < -0.3 is 9.52 Å². The average molecular weight is 231 g/mol. The number of hydrogen-bond donors (Lipinski definition) is 1. The predicted octanol–water partition coefficient (Wildman–Crippen LogP) is 2.99. The van der Waals surface area contributed by atoms with E-state index in [2.05, 4.69) is 4.98 Å². The van der Waals surface area contributed by atoms with Crippen LogP contribution in [0.1, 0.15) is 39.9 Å². The van der Waals surface area contributed by atoms with Crippen LogP contribution in [0.15, 0.2) is 22.9 Å². The number of furan rings is 1. The second-order valence-corrected chi connectivity index (χ2v) is 4.39. The quantitative estimate of drug-likeness (QED) is 0.864. The van der Waals surface area contributed by atoms with E-state index in [0.717, 1.165) is 33.8 Å². The Bertz CT molecular complexity index is 543. The summed E-state index contributed by atoms with van der Waals surface area (Å²) in [5.41, 5.74) is 3.74. The lowest BCUT2D eigenvalue weighted by molar-refractivity contribution is 0.216. The maximum atomic E-state index is 10.4. The molecule has 0 aliphatic heterocycles. The van der Waals surface area contributed by atoms with Crippen LogP contribution in [-0.2, 0) is 0 Å². The Morgan fingerprint density at radius 1 is 1.18 bits per heavy atom. The van der Waals surface area contributed by atoms with E-state index in [9.17, 15) is 5.11 Å². The van der Waals surface area contributed by atoms with E-state index in [-0.39, 0.29) is 0 Å². The van der Waals surface area contributed by atoms with Crippen molar-refractivity contribution >= 4 is 0 Å². The average Bonchev–Trinajstić information content (AvgIpc) is 2.53. The Morgan fingerprint density at radius 2 is 1.88 bits per heavy atom. The molecule has 0 fully saturated rings. The fourth-order valence-corrected chi connectivity index (χ4v) is 2.13. The highest BCUT2D eigenvalue weighted by Crippen LogP contribution is 2.32. The zero-order valence-corrected chi connectivity index (χ0v) is 10.6. The number of aromatic nitrogens is 1. The Hall–Kier alpha value is -1.61. The summed E-state index contributed by atoms with van der Waals surface area (Å²) in [7, 11) is 0. The predicted molar refractivity (Wildman–Crippen MR) is 66.0 cm³/mol. The minimum absolute atomic E-state index is 0.666. The van der Waals surface area contributed by atoms with Crippen molar-refractivity contribution < 1.29 is 9.52 Å². The van der Waals surface area contributed by atoms with Gasteiger partial charge in [0, 0.05) is 23.5 Å². The molecule has 0 spiro atoms. The number of nitrogens with zero attached hydrogens (tertiary/aromatic N) is 1. The van der Waals surface area contributed by atoms with E-state index in [1.54, 1.807) is 12.4 Å². The number of hydrogen-bond acceptors (Lipinski definition) is 3. The normalized spacial score (nSPS) is 12.8. The molecular formula is C14H17NO2. The molecule has 0 aliphatic carbocycles. The Labute approximate surface area is 101 Å². The molecule has 3 nitrogen and oxygen atoms in total. The van der Waals surface area contributed by atoms with Gasteiger partial charge in [-0.3, -0.25) is 4.98 Å². The molecule has 0 saturated carbocycles. The smallest absolute Gasteiger partial charge is 0.109 e. The van der Waals surface area contributed by atoms with Gasteiger partial charge in [0.05, 0.1) is 0 Å². The summed E-state index contributed by atoms with van der Waals surface area (Å²) in [5, 5.41) is 10.4. The molecule has 2 aromatic heterocycles. The molecule has 17 heavy (non-hydrogen) atoms. The van der Waals surface area contributed by atoms with Crippen LogP contribution in [0.2, 0.25) is 0 Å². The lowest BCUT2D eigenvalue weighted by Gasteiger charge is -2.13. The summed E-state index contributed by atoms with van der Waals surface area (Å²) in [4.78, 5) is 4.07. The monoisotopic (exact) mass is 231 g/mol. The SMILES string of the molecule is Cc1ccncc1C(O)c1c(C)oc(C)c1C. The van der Waals surface area contributed by atoms with Crippen molar-refractivity contribution in [1.29, 1.82) is 0 Å². The van der Waals surface area contributed by atoms with E-state index >= 15 is 0 Å². The number of aliphatic hydroxyl groups excluding tert-OH is 1. The van der Waals surface area contributed by atoms with Gasteiger partial charge in [-0.1, -0.05) is 0 Å². The van der Waals surface area contributed by atoms with Gasteiger partial charge in [0.25, 0.3) is 0 Å². The van der Waals surface area contributed by atoms with Crippen molar-refractivity contribution in [2.24, 2.45) is 0 Å². The molecule has 2 heterocycles. The molecule has 1 atom stereocenters. The van der Waals surface area contributed by atoms with E-state index in [1.165, 1.54) is 0 Å². The molecule has 1 N–H and O–H groups in total. The molecule has 0 bridgehead atoms. The highest BCUT2D eigenvalue weighted by Gasteiger charge is 2.21. The summed E-state index contributed by atoms with van der Waals surface area (Å²) in [6, 6.07) is 1.90. The molecule has 0 aliphatic rings. The van der Waals surface area contributed by atoms with E-state index < -0.39 is 6.10 Å². The van der Waals surface area contributed by atoms with Crippen LogP contribution in [0.5, 0.6) is 0 Å². The van der Waals surface area contributed by atoms with Gasteiger partial charge in [-0.05, 0) is 44.9 Å². The van der Waals surface area contributed by atoms with Crippen molar-refractivity contribution in [2.75, 3.05) is 0 Å². The first-order valence-corrected chi connectivity index (χ1v) is 5.67. The van der Waals surface area contributed by atoms with Gasteiger partial charge >= 0.3 is 0 Å². The molecule has 1 unspecified atom stereocenters. The summed E-state index contributed by atoms with van der Waals surface area (Å²) in [6.45, 7) is 7.73. The fourth-order valence-electron chi connectivity index (χ4n) is 2.13.